The van der Waals surface area contributed by atoms with E-state index in [2.05, 4.69) is 10.4 Å². The van der Waals surface area contributed by atoms with Crippen LogP contribution in [0.15, 0.2) is 30.3 Å². The van der Waals surface area contributed by atoms with Crippen molar-refractivity contribution in [2.75, 3.05) is 34.9 Å². The zero-order valence-corrected chi connectivity index (χ0v) is 19.2. The predicted molar refractivity (Wildman–Crippen MR) is 122 cm³/mol. The quantitative estimate of drug-likeness (QED) is 0.497. The molecule has 4 rings (SSSR count). The van der Waals surface area contributed by atoms with Crippen LogP contribution >= 0.6 is 11.6 Å². The van der Waals surface area contributed by atoms with Gasteiger partial charge in [0, 0.05) is 11.6 Å². The minimum absolute atomic E-state index is 0.0290. The molecule has 0 aliphatic carbocycles. The zero-order chi connectivity index (χ0) is 23.8. The first-order valence-electron chi connectivity index (χ1n) is 10.1. The number of fused-ring (bicyclic) bond motifs is 1. The van der Waals surface area contributed by atoms with Crippen molar-refractivity contribution in [2.45, 2.75) is 19.4 Å². The van der Waals surface area contributed by atoms with Gasteiger partial charge in [0.2, 0.25) is 5.91 Å². The fraction of sp³-hybridized carbons (Fsp3) is 0.333. The van der Waals surface area contributed by atoms with Crippen LogP contribution in [0, 0.1) is 6.92 Å². The first-order valence-corrected chi connectivity index (χ1v) is 12.3. The molecule has 1 N–H and O–H groups in total. The van der Waals surface area contributed by atoms with Crippen LogP contribution in [0.25, 0.3) is 6.08 Å². The molecular formula is C21H21ClN4O6S. The van der Waals surface area contributed by atoms with Crippen LogP contribution in [0.1, 0.15) is 23.7 Å². The Kier molecular flexibility index (Phi) is 6.26. The third kappa shape index (κ3) is 4.93. The van der Waals surface area contributed by atoms with Crippen LogP contribution in [0.3, 0.4) is 0 Å². The summed E-state index contributed by atoms with van der Waals surface area (Å²) in [6.45, 7) is 0.976. The monoisotopic (exact) mass is 492 g/mol. The number of hydrogen-bond donors (Lipinski definition) is 1. The van der Waals surface area contributed by atoms with Gasteiger partial charge >= 0.3 is 5.97 Å². The second kappa shape index (κ2) is 8.99. The number of esters is 1. The van der Waals surface area contributed by atoms with Gasteiger partial charge in [0.1, 0.15) is 11.7 Å². The minimum Gasteiger partial charge on any atom is -0.452 e. The number of carbonyl (C=O) groups excluding carboxylic acids is 3. The van der Waals surface area contributed by atoms with E-state index in [0.29, 0.717) is 29.1 Å². The van der Waals surface area contributed by atoms with E-state index in [1.165, 1.54) is 15.7 Å². The number of sulfone groups is 1. The molecule has 2 aliphatic heterocycles. The van der Waals surface area contributed by atoms with E-state index in [0.717, 1.165) is 6.08 Å². The normalized spacial score (nSPS) is 19.4. The Bertz CT molecular complexity index is 1270. The van der Waals surface area contributed by atoms with Crippen LogP contribution in [0.4, 0.5) is 11.4 Å². The molecule has 2 aliphatic rings. The van der Waals surface area contributed by atoms with E-state index in [-0.39, 0.29) is 35.2 Å². The standard InChI is InChI=1S/C21H21ClN4O6S/c1-13-15(21(22)26(24-13)14-8-9-33(30,31)12-14)6-7-20(29)32-11-19(28)25-10-18(27)23-16-4-2-3-5-17(16)25/h2-7,14H,8-12H2,1H3,(H,23,27)/b7-6+/t14-/m0/s1. The summed E-state index contributed by atoms with van der Waals surface area (Å²) in [5, 5.41) is 7.22. The molecule has 1 aromatic heterocycles. The number of hydrogen-bond acceptors (Lipinski definition) is 7. The van der Waals surface area contributed by atoms with Gasteiger partial charge < -0.3 is 10.1 Å². The summed E-state index contributed by atoms with van der Waals surface area (Å²) in [5.41, 5.74) is 2.02. The van der Waals surface area contributed by atoms with Crippen LogP contribution < -0.4 is 10.2 Å². The fourth-order valence-corrected chi connectivity index (χ4v) is 5.87. The molecule has 3 heterocycles. The molecule has 0 saturated carbocycles. The molecule has 0 bridgehead atoms. The molecule has 174 valence electrons. The van der Waals surface area contributed by atoms with Crippen molar-refractivity contribution in [1.29, 1.82) is 0 Å². The number of benzene rings is 1. The van der Waals surface area contributed by atoms with Crippen molar-refractivity contribution in [2.24, 2.45) is 0 Å². The lowest BCUT2D eigenvalue weighted by molar-refractivity contribution is -0.143. The number of para-hydroxylation sites is 2. The Morgan fingerprint density at radius 3 is 2.82 bits per heavy atom. The minimum atomic E-state index is -3.11. The molecule has 2 aromatic rings. The SMILES string of the molecule is Cc1nn([C@H]2CCS(=O)(=O)C2)c(Cl)c1/C=C/C(=O)OCC(=O)N1CC(=O)Nc2ccccc21. The van der Waals surface area contributed by atoms with Gasteiger partial charge in [-0.15, -0.1) is 0 Å². The number of amides is 2. The second-order valence-electron chi connectivity index (χ2n) is 7.78. The first-order chi connectivity index (χ1) is 15.6. The molecule has 2 amide bonds. The number of nitrogens with one attached hydrogen (secondary N) is 1. The summed E-state index contributed by atoms with van der Waals surface area (Å²) < 4.78 is 30.0. The van der Waals surface area contributed by atoms with Gasteiger partial charge in [0.15, 0.2) is 16.4 Å². The van der Waals surface area contributed by atoms with Crippen molar-refractivity contribution in [3.8, 4) is 0 Å². The van der Waals surface area contributed by atoms with Crippen molar-refractivity contribution in [1.82, 2.24) is 9.78 Å². The second-order valence-corrected chi connectivity index (χ2v) is 10.4. The molecule has 0 radical (unpaired) electrons. The van der Waals surface area contributed by atoms with Gasteiger partial charge in [-0.2, -0.15) is 5.10 Å². The number of aryl methyl sites for hydroxylation is 1. The van der Waals surface area contributed by atoms with Gasteiger partial charge in [-0.25, -0.2) is 17.9 Å². The van der Waals surface area contributed by atoms with Crippen LogP contribution in [-0.2, 0) is 29.0 Å². The van der Waals surface area contributed by atoms with E-state index >= 15 is 0 Å². The lowest BCUT2D eigenvalue weighted by atomic mass is 10.2. The molecular weight excluding hydrogens is 472 g/mol. The Morgan fingerprint density at radius 1 is 1.33 bits per heavy atom. The molecule has 1 fully saturated rings. The van der Waals surface area contributed by atoms with E-state index in [4.69, 9.17) is 16.3 Å². The molecule has 0 spiro atoms. The van der Waals surface area contributed by atoms with Crippen molar-refractivity contribution in [3.05, 3.63) is 46.8 Å². The summed E-state index contributed by atoms with van der Waals surface area (Å²) in [6.07, 6.45) is 2.96. The van der Waals surface area contributed by atoms with Gasteiger partial charge in [0.25, 0.3) is 5.91 Å². The Morgan fingerprint density at radius 2 is 2.09 bits per heavy atom. The van der Waals surface area contributed by atoms with Crippen molar-refractivity contribution >= 4 is 56.7 Å². The van der Waals surface area contributed by atoms with Crippen LogP contribution in [0.2, 0.25) is 5.15 Å². The molecule has 1 atom stereocenters. The molecule has 33 heavy (non-hydrogen) atoms. The summed E-state index contributed by atoms with van der Waals surface area (Å²) in [5.74, 6) is -1.60. The maximum absolute atomic E-state index is 12.6. The lowest BCUT2D eigenvalue weighted by Gasteiger charge is -2.28. The Hall–Kier alpha value is -3.18. The van der Waals surface area contributed by atoms with Gasteiger partial charge in [-0.05, 0) is 31.6 Å². The van der Waals surface area contributed by atoms with Crippen molar-refractivity contribution in [3.63, 3.8) is 0 Å². The Labute approximate surface area is 195 Å². The molecule has 10 nitrogen and oxygen atoms in total. The van der Waals surface area contributed by atoms with Crippen LogP contribution in [0.5, 0.6) is 0 Å². The Balaban J connectivity index is 1.39. The van der Waals surface area contributed by atoms with Gasteiger partial charge in [0.05, 0.1) is 34.6 Å². The number of aromatic nitrogens is 2. The summed E-state index contributed by atoms with van der Waals surface area (Å²) in [6, 6.07) is 6.48. The summed E-state index contributed by atoms with van der Waals surface area (Å²) in [4.78, 5) is 37.8. The van der Waals surface area contributed by atoms with E-state index in [9.17, 15) is 22.8 Å². The van der Waals surface area contributed by atoms with E-state index < -0.39 is 28.3 Å². The average molecular weight is 493 g/mol. The number of carbonyl (C=O) groups is 3. The maximum atomic E-state index is 12.6. The summed E-state index contributed by atoms with van der Waals surface area (Å²) in [7, 11) is -3.11. The number of halogens is 1. The number of rotatable bonds is 5. The molecule has 1 aromatic carbocycles. The smallest absolute Gasteiger partial charge is 0.331 e. The average Bonchev–Trinajstić information content (AvgIpc) is 3.27. The molecule has 0 unspecified atom stereocenters. The first kappa shape index (κ1) is 23.0. The highest BCUT2D eigenvalue weighted by atomic mass is 35.5. The van der Waals surface area contributed by atoms with Gasteiger partial charge in [-0.1, -0.05) is 23.7 Å². The zero-order valence-electron chi connectivity index (χ0n) is 17.7. The molecule has 1 saturated heterocycles. The lowest BCUT2D eigenvalue weighted by Crippen LogP contribution is -2.43. The third-order valence-electron chi connectivity index (χ3n) is 5.42. The van der Waals surface area contributed by atoms with Gasteiger partial charge in [-0.3, -0.25) is 14.5 Å². The maximum Gasteiger partial charge on any atom is 0.331 e. The van der Waals surface area contributed by atoms with E-state index in [1.807, 2.05) is 0 Å². The third-order valence-corrected chi connectivity index (χ3v) is 7.55. The number of anilines is 2. The highest BCUT2D eigenvalue weighted by molar-refractivity contribution is 7.91. The predicted octanol–water partition coefficient (Wildman–Crippen LogP) is 1.75. The highest BCUT2D eigenvalue weighted by Crippen LogP contribution is 2.31. The topological polar surface area (TPSA) is 128 Å². The number of ether oxygens (including phenoxy) is 1. The van der Waals surface area contributed by atoms with E-state index in [1.54, 1.807) is 31.2 Å². The highest BCUT2D eigenvalue weighted by Gasteiger charge is 2.32. The van der Waals surface area contributed by atoms with Crippen LogP contribution in [-0.4, -0.2) is 60.6 Å². The number of nitrogens with zero attached hydrogens (tertiary/aromatic N) is 3. The fourth-order valence-electron chi connectivity index (χ4n) is 3.80. The van der Waals surface area contributed by atoms with Crippen molar-refractivity contribution < 1.29 is 27.5 Å². The largest absolute Gasteiger partial charge is 0.452 e. The summed E-state index contributed by atoms with van der Waals surface area (Å²) >= 11 is 6.38. The molecule has 12 heteroatoms.